The SMILES string of the molecule is COc1cc(OP(=O)(ONc2cccnc2)/C(=C/C(C)C)C(C)C)cc(C)c1O. The first kappa shape index (κ1) is 22.8. The summed E-state index contributed by atoms with van der Waals surface area (Å²) in [5, 5.41) is 10.6. The summed E-state index contributed by atoms with van der Waals surface area (Å²) < 4.78 is 30.7. The third-order valence-corrected chi connectivity index (χ3v) is 6.12. The number of aromatic nitrogens is 1. The summed E-state index contributed by atoms with van der Waals surface area (Å²) in [6.45, 7) is 9.56. The average molecular weight is 420 g/mol. The zero-order chi connectivity index (χ0) is 21.6. The molecule has 0 aliphatic rings. The van der Waals surface area contributed by atoms with E-state index in [1.165, 1.54) is 13.2 Å². The number of anilines is 1. The minimum atomic E-state index is -3.81. The molecule has 0 aliphatic carbocycles. The second-order valence-electron chi connectivity index (χ2n) is 7.31. The van der Waals surface area contributed by atoms with E-state index in [0.717, 1.165) is 0 Å². The fourth-order valence-corrected chi connectivity index (χ4v) is 4.63. The first-order valence-corrected chi connectivity index (χ1v) is 10.9. The summed E-state index contributed by atoms with van der Waals surface area (Å²) in [7, 11) is -2.37. The van der Waals surface area contributed by atoms with E-state index in [1.54, 1.807) is 37.5 Å². The van der Waals surface area contributed by atoms with Crippen LogP contribution in [0.25, 0.3) is 0 Å². The van der Waals surface area contributed by atoms with E-state index < -0.39 is 7.60 Å². The fraction of sp³-hybridized carbons (Fsp3) is 0.381. The third-order valence-electron chi connectivity index (χ3n) is 4.04. The number of hydrogen-bond acceptors (Lipinski definition) is 7. The number of pyridine rings is 1. The second kappa shape index (κ2) is 9.81. The fourth-order valence-electron chi connectivity index (χ4n) is 2.66. The number of aryl methyl sites for hydroxylation is 1. The van der Waals surface area contributed by atoms with Crippen molar-refractivity contribution in [3.8, 4) is 17.2 Å². The van der Waals surface area contributed by atoms with E-state index in [1.807, 2.05) is 33.8 Å². The molecule has 1 heterocycles. The molecule has 0 radical (unpaired) electrons. The molecule has 2 rings (SSSR count). The number of nitrogens with zero attached hydrogens (tertiary/aromatic N) is 1. The molecule has 29 heavy (non-hydrogen) atoms. The van der Waals surface area contributed by atoms with Crippen LogP contribution in [0.3, 0.4) is 0 Å². The van der Waals surface area contributed by atoms with Gasteiger partial charge in [0.05, 0.1) is 24.3 Å². The van der Waals surface area contributed by atoms with Crippen LogP contribution in [0.4, 0.5) is 5.69 Å². The predicted molar refractivity (Wildman–Crippen MR) is 114 cm³/mol. The molecule has 0 amide bonds. The number of ether oxygens (including phenoxy) is 1. The Labute approximate surface area is 172 Å². The van der Waals surface area contributed by atoms with Gasteiger partial charge in [-0.15, -0.1) is 0 Å². The van der Waals surface area contributed by atoms with Crippen molar-refractivity contribution in [1.29, 1.82) is 0 Å². The van der Waals surface area contributed by atoms with Crippen molar-refractivity contribution in [3.05, 3.63) is 53.6 Å². The quantitative estimate of drug-likeness (QED) is 0.385. The molecule has 0 spiro atoms. The summed E-state index contributed by atoms with van der Waals surface area (Å²) in [6.07, 6.45) is 5.07. The lowest BCUT2D eigenvalue weighted by Gasteiger charge is -2.25. The van der Waals surface area contributed by atoms with Gasteiger partial charge in [0.2, 0.25) is 0 Å². The number of allylic oxidation sites excluding steroid dienone is 2. The molecule has 0 bridgehead atoms. The molecule has 2 N–H and O–H groups in total. The highest BCUT2D eigenvalue weighted by Gasteiger charge is 2.35. The molecule has 0 fully saturated rings. The van der Waals surface area contributed by atoms with Crippen LogP contribution in [0.1, 0.15) is 33.3 Å². The smallest absolute Gasteiger partial charge is 0.427 e. The first-order chi connectivity index (χ1) is 13.7. The normalized spacial score (nSPS) is 14.0. The van der Waals surface area contributed by atoms with Crippen molar-refractivity contribution < 1.29 is 23.6 Å². The maximum atomic E-state index is 13.9. The van der Waals surface area contributed by atoms with Crippen molar-refractivity contribution in [2.45, 2.75) is 34.6 Å². The van der Waals surface area contributed by atoms with Crippen LogP contribution in [0.2, 0.25) is 0 Å². The molecular weight excluding hydrogens is 391 g/mol. The topological polar surface area (TPSA) is 89.9 Å². The number of aromatic hydroxyl groups is 1. The van der Waals surface area contributed by atoms with Crippen molar-refractivity contribution in [1.82, 2.24) is 4.98 Å². The summed E-state index contributed by atoms with van der Waals surface area (Å²) in [5.41, 5.74) is 3.77. The van der Waals surface area contributed by atoms with Gasteiger partial charge in [0.1, 0.15) is 5.75 Å². The van der Waals surface area contributed by atoms with Gasteiger partial charge in [0, 0.05) is 12.3 Å². The van der Waals surface area contributed by atoms with Gasteiger partial charge in [-0.1, -0.05) is 33.8 Å². The Bertz CT molecular complexity index is 897. The van der Waals surface area contributed by atoms with Crippen LogP contribution in [-0.4, -0.2) is 17.2 Å². The number of phenolic OH excluding ortho intramolecular Hbond substituents is 1. The van der Waals surface area contributed by atoms with Crippen LogP contribution >= 0.6 is 7.60 Å². The highest BCUT2D eigenvalue weighted by molar-refractivity contribution is 7.58. The second-order valence-corrected chi connectivity index (χ2v) is 9.18. The summed E-state index contributed by atoms with van der Waals surface area (Å²) in [6, 6.07) is 6.55. The number of nitrogens with one attached hydrogen (secondary N) is 1. The Morgan fingerprint density at radius 2 is 2.00 bits per heavy atom. The standard InChI is InChI=1S/C21H29N2O5P/c1-14(2)10-20(15(3)4)29(25,28-23-17-8-7-9-22-13-17)27-18-11-16(5)21(24)19(12-18)26-6/h7-15,23-24H,1-6H3/b20-10+. The zero-order valence-corrected chi connectivity index (χ0v) is 18.6. The summed E-state index contributed by atoms with van der Waals surface area (Å²) in [5.74, 6) is 0.557. The van der Waals surface area contributed by atoms with Gasteiger partial charge in [0.15, 0.2) is 11.5 Å². The van der Waals surface area contributed by atoms with Crippen LogP contribution in [-0.2, 0) is 9.19 Å². The predicted octanol–water partition coefficient (Wildman–Crippen LogP) is 5.92. The highest BCUT2D eigenvalue weighted by Crippen LogP contribution is 2.59. The Balaban J connectivity index is 2.46. The van der Waals surface area contributed by atoms with Gasteiger partial charge in [-0.25, -0.2) is 4.57 Å². The van der Waals surface area contributed by atoms with Crippen LogP contribution in [0.15, 0.2) is 48.0 Å². The van der Waals surface area contributed by atoms with E-state index in [2.05, 4.69) is 10.5 Å². The lowest BCUT2D eigenvalue weighted by atomic mass is 10.1. The lowest BCUT2D eigenvalue weighted by molar-refractivity contribution is 0.319. The monoisotopic (exact) mass is 420 g/mol. The maximum absolute atomic E-state index is 13.9. The number of hydrogen-bond donors (Lipinski definition) is 2. The summed E-state index contributed by atoms with van der Waals surface area (Å²) >= 11 is 0. The average Bonchev–Trinajstić information content (AvgIpc) is 2.67. The van der Waals surface area contributed by atoms with E-state index >= 15 is 0 Å². The molecule has 1 aromatic heterocycles. The molecule has 1 unspecified atom stereocenters. The molecule has 0 saturated heterocycles. The molecule has 0 aliphatic heterocycles. The molecule has 8 heteroatoms. The molecular formula is C21H29N2O5P. The van der Waals surface area contributed by atoms with Crippen molar-refractivity contribution >= 4 is 13.3 Å². The van der Waals surface area contributed by atoms with Gasteiger partial charge in [-0.05, 0) is 42.5 Å². The zero-order valence-electron chi connectivity index (χ0n) is 17.7. The molecule has 158 valence electrons. The molecule has 1 atom stereocenters. The van der Waals surface area contributed by atoms with Crippen molar-refractivity contribution in [2.24, 2.45) is 11.8 Å². The minimum Gasteiger partial charge on any atom is -0.504 e. The Kier molecular flexibility index (Phi) is 7.71. The number of methoxy groups -OCH3 is 1. The van der Waals surface area contributed by atoms with Crippen molar-refractivity contribution in [3.63, 3.8) is 0 Å². The largest absolute Gasteiger partial charge is 0.504 e. The van der Waals surface area contributed by atoms with Crippen LogP contribution in [0.5, 0.6) is 17.2 Å². The number of benzene rings is 1. The van der Waals surface area contributed by atoms with Gasteiger partial charge >= 0.3 is 7.60 Å². The van der Waals surface area contributed by atoms with E-state index in [0.29, 0.717) is 16.6 Å². The van der Waals surface area contributed by atoms with Gasteiger partial charge in [-0.3, -0.25) is 10.5 Å². The Morgan fingerprint density at radius 1 is 1.28 bits per heavy atom. The van der Waals surface area contributed by atoms with Crippen LogP contribution < -0.4 is 14.7 Å². The maximum Gasteiger partial charge on any atom is 0.427 e. The lowest BCUT2D eigenvalue weighted by Crippen LogP contribution is -2.10. The summed E-state index contributed by atoms with van der Waals surface area (Å²) in [4.78, 5) is 4.01. The molecule has 7 nitrogen and oxygen atoms in total. The number of phenols is 1. The third kappa shape index (κ3) is 5.99. The van der Waals surface area contributed by atoms with E-state index in [4.69, 9.17) is 13.9 Å². The Morgan fingerprint density at radius 3 is 2.55 bits per heavy atom. The minimum absolute atomic E-state index is 0.00545. The van der Waals surface area contributed by atoms with E-state index in [9.17, 15) is 9.67 Å². The van der Waals surface area contributed by atoms with Gasteiger partial charge in [-0.2, -0.15) is 4.62 Å². The van der Waals surface area contributed by atoms with Gasteiger partial charge < -0.3 is 14.4 Å². The first-order valence-electron chi connectivity index (χ1n) is 9.40. The molecule has 1 aromatic carbocycles. The highest BCUT2D eigenvalue weighted by atomic mass is 31.2. The Hall–Kier alpha value is -2.50. The molecule has 0 saturated carbocycles. The van der Waals surface area contributed by atoms with Crippen LogP contribution in [0, 0.1) is 18.8 Å². The van der Waals surface area contributed by atoms with E-state index in [-0.39, 0.29) is 29.1 Å². The van der Waals surface area contributed by atoms with Gasteiger partial charge in [0.25, 0.3) is 0 Å². The molecule has 2 aromatic rings. The number of rotatable bonds is 9. The van der Waals surface area contributed by atoms with Crippen molar-refractivity contribution in [2.75, 3.05) is 12.6 Å².